The Morgan fingerprint density at radius 2 is 2.15 bits per heavy atom. The number of aromatic nitrogens is 1. The van der Waals surface area contributed by atoms with Crippen LogP contribution in [0.3, 0.4) is 0 Å². The van der Waals surface area contributed by atoms with E-state index in [1.165, 1.54) is 29.7 Å². The molecule has 0 atom stereocenters. The van der Waals surface area contributed by atoms with Gasteiger partial charge in [0.2, 0.25) is 10.0 Å². The van der Waals surface area contributed by atoms with E-state index in [0.717, 1.165) is 12.8 Å². The smallest absolute Gasteiger partial charge is 0.243 e. The predicted molar refractivity (Wildman–Crippen MR) is 75.3 cm³/mol. The van der Waals surface area contributed by atoms with Crippen LogP contribution in [0.15, 0.2) is 23.2 Å². The molecule has 1 fully saturated rings. The molecule has 0 aliphatic heterocycles. The van der Waals surface area contributed by atoms with Gasteiger partial charge in [0.15, 0.2) is 0 Å². The van der Waals surface area contributed by atoms with Gasteiger partial charge in [-0.2, -0.15) is 4.31 Å². The number of anilines is 1. The van der Waals surface area contributed by atoms with Crippen LogP contribution in [0, 0.1) is 0 Å². The van der Waals surface area contributed by atoms with Crippen molar-refractivity contribution in [2.24, 2.45) is 5.84 Å². The standard InChI is InChI=1S/C12H20N4O3S/c1-16(9-12(17)5-2-3-6-12)20(18,19)10-4-7-14-11(8-10)15-13/h4,7-8,17H,2-3,5-6,9,13H2,1H3,(H,14,15). The van der Waals surface area contributed by atoms with Crippen molar-refractivity contribution in [3.8, 4) is 0 Å². The van der Waals surface area contributed by atoms with Gasteiger partial charge in [-0.3, -0.25) is 0 Å². The van der Waals surface area contributed by atoms with Gasteiger partial charge in [-0.05, 0) is 18.9 Å². The molecule has 0 aromatic carbocycles. The largest absolute Gasteiger partial charge is 0.389 e. The Kier molecular flexibility index (Phi) is 4.28. The maximum atomic E-state index is 12.4. The number of pyridine rings is 1. The maximum Gasteiger partial charge on any atom is 0.243 e. The number of hydrazine groups is 1. The van der Waals surface area contributed by atoms with Gasteiger partial charge in [-0.15, -0.1) is 0 Å². The molecule has 0 saturated heterocycles. The van der Waals surface area contributed by atoms with Crippen molar-refractivity contribution < 1.29 is 13.5 Å². The van der Waals surface area contributed by atoms with E-state index in [9.17, 15) is 13.5 Å². The summed E-state index contributed by atoms with van der Waals surface area (Å²) in [7, 11) is -2.19. The fourth-order valence-corrected chi connectivity index (χ4v) is 3.78. The molecule has 1 aromatic heterocycles. The number of nitrogen functional groups attached to an aromatic ring is 1. The molecule has 0 amide bonds. The molecule has 4 N–H and O–H groups in total. The second-order valence-corrected chi connectivity index (χ2v) is 7.26. The van der Waals surface area contributed by atoms with Crippen molar-refractivity contribution in [2.75, 3.05) is 19.0 Å². The normalized spacial score (nSPS) is 18.4. The van der Waals surface area contributed by atoms with E-state index in [4.69, 9.17) is 5.84 Å². The maximum absolute atomic E-state index is 12.4. The number of likely N-dealkylation sites (N-methyl/N-ethyl adjacent to an activating group) is 1. The van der Waals surface area contributed by atoms with Crippen LogP contribution in [0.1, 0.15) is 25.7 Å². The first kappa shape index (κ1) is 15.2. The van der Waals surface area contributed by atoms with Gasteiger partial charge in [-0.1, -0.05) is 12.8 Å². The zero-order chi connectivity index (χ0) is 14.8. The number of hydrogen-bond acceptors (Lipinski definition) is 6. The Hall–Kier alpha value is -1.22. The van der Waals surface area contributed by atoms with E-state index in [1.807, 2.05) is 0 Å². The van der Waals surface area contributed by atoms with Crippen molar-refractivity contribution in [3.05, 3.63) is 18.3 Å². The Morgan fingerprint density at radius 3 is 2.75 bits per heavy atom. The van der Waals surface area contributed by atoms with Gasteiger partial charge in [0, 0.05) is 25.9 Å². The summed E-state index contributed by atoms with van der Waals surface area (Å²) in [5.74, 6) is 5.51. The summed E-state index contributed by atoms with van der Waals surface area (Å²) in [4.78, 5) is 3.98. The van der Waals surface area contributed by atoms with Crippen LogP contribution >= 0.6 is 0 Å². The fourth-order valence-electron chi connectivity index (χ4n) is 2.52. The van der Waals surface area contributed by atoms with Crippen LogP contribution in [-0.2, 0) is 10.0 Å². The number of hydrogen-bond donors (Lipinski definition) is 3. The van der Waals surface area contributed by atoms with Crippen LogP contribution in [0.25, 0.3) is 0 Å². The van der Waals surface area contributed by atoms with E-state index >= 15 is 0 Å². The van der Waals surface area contributed by atoms with Crippen LogP contribution in [0.4, 0.5) is 5.82 Å². The van der Waals surface area contributed by atoms with Crippen molar-refractivity contribution in [3.63, 3.8) is 0 Å². The summed E-state index contributed by atoms with van der Waals surface area (Å²) >= 11 is 0. The third kappa shape index (κ3) is 3.09. The van der Waals surface area contributed by atoms with Gasteiger partial charge in [-0.25, -0.2) is 19.2 Å². The molecular weight excluding hydrogens is 280 g/mol. The quantitative estimate of drug-likeness (QED) is 0.533. The molecule has 1 aromatic rings. The minimum absolute atomic E-state index is 0.100. The second kappa shape index (κ2) is 5.65. The summed E-state index contributed by atoms with van der Waals surface area (Å²) in [5, 5.41) is 10.3. The average Bonchev–Trinajstić information content (AvgIpc) is 2.85. The average molecular weight is 300 g/mol. The van der Waals surface area contributed by atoms with Crippen molar-refractivity contribution in [1.29, 1.82) is 0 Å². The number of nitrogens with two attached hydrogens (primary N) is 1. The highest BCUT2D eigenvalue weighted by Gasteiger charge is 2.35. The molecule has 20 heavy (non-hydrogen) atoms. The summed E-state index contributed by atoms with van der Waals surface area (Å²) < 4.78 is 26.1. The van der Waals surface area contributed by atoms with Crippen LogP contribution in [0.5, 0.6) is 0 Å². The minimum Gasteiger partial charge on any atom is -0.389 e. The van der Waals surface area contributed by atoms with Gasteiger partial charge in [0.25, 0.3) is 0 Å². The molecule has 0 radical (unpaired) electrons. The molecule has 2 rings (SSSR count). The number of sulfonamides is 1. The summed E-state index contributed by atoms with van der Waals surface area (Å²) in [6.45, 7) is 0.100. The Labute approximate surface area is 118 Å². The predicted octanol–water partition coefficient (Wildman–Crippen LogP) is 0.293. The monoisotopic (exact) mass is 300 g/mol. The molecule has 8 heteroatoms. The van der Waals surface area contributed by atoms with Gasteiger partial charge in [0.1, 0.15) is 5.82 Å². The molecule has 1 aliphatic rings. The highest BCUT2D eigenvalue weighted by Crippen LogP contribution is 2.31. The molecule has 0 spiro atoms. The second-order valence-electron chi connectivity index (χ2n) is 5.21. The van der Waals surface area contributed by atoms with Crippen LogP contribution in [0.2, 0.25) is 0 Å². The molecular formula is C12H20N4O3S. The molecule has 112 valence electrons. The molecule has 1 aliphatic carbocycles. The van der Waals surface area contributed by atoms with E-state index in [-0.39, 0.29) is 17.3 Å². The van der Waals surface area contributed by atoms with Gasteiger partial charge < -0.3 is 10.5 Å². The Morgan fingerprint density at radius 1 is 1.50 bits per heavy atom. The van der Waals surface area contributed by atoms with E-state index in [1.54, 1.807) is 0 Å². The molecule has 7 nitrogen and oxygen atoms in total. The van der Waals surface area contributed by atoms with Crippen molar-refractivity contribution in [2.45, 2.75) is 36.2 Å². The lowest BCUT2D eigenvalue weighted by Gasteiger charge is -2.28. The highest BCUT2D eigenvalue weighted by molar-refractivity contribution is 7.89. The molecule has 0 bridgehead atoms. The van der Waals surface area contributed by atoms with E-state index in [2.05, 4.69) is 10.4 Å². The number of aliphatic hydroxyl groups is 1. The van der Waals surface area contributed by atoms with E-state index < -0.39 is 15.6 Å². The first-order valence-electron chi connectivity index (χ1n) is 6.49. The third-order valence-corrected chi connectivity index (χ3v) is 5.44. The lowest BCUT2D eigenvalue weighted by molar-refractivity contribution is 0.0333. The van der Waals surface area contributed by atoms with Crippen LogP contribution in [-0.4, -0.2) is 42.0 Å². The zero-order valence-electron chi connectivity index (χ0n) is 11.4. The SMILES string of the molecule is CN(CC1(O)CCCC1)S(=O)(=O)c1ccnc(NN)c1. The van der Waals surface area contributed by atoms with Gasteiger partial charge in [0.05, 0.1) is 10.5 Å². The Balaban J connectivity index is 2.20. The zero-order valence-corrected chi connectivity index (χ0v) is 12.2. The van der Waals surface area contributed by atoms with E-state index in [0.29, 0.717) is 12.8 Å². The lowest BCUT2D eigenvalue weighted by Crippen LogP contribution is -2.42. The fraction of sp³-hybridized carbons (Fsp3) is 0.583. The first-order chi connectivity index (χ1) is 9.37. The lowest BCUT2D eigenvalue weighted by atomic mass is 10.0. The number of rotatable bonds is 5. The van der Waals surface area contributed by atoms with Crippen LogP contribution < -0.4 is 11.3 Å². The molecule has 1 heterocycles. The van der Waals surface area contributed by atoms with Crippen molar-refractivity contribution in [1.82, 2.24) is 9.29 Å². The highest BCUT2D eigenvalue weighted by atomic mass is 32.2. The first-order valence-corrected chi connectivity index (χ1v) is 7.93. The Bertz CT molecular complexity index is 570. The number of nitrogens with one attached hydrogen (secondary N) is 1. The summed E-state index contributed by atoms with van der Waals surface area (Å²) in [6, 6.07) is 2.77. The third-order valence-electron chi connectivity index (χ3n) is 3.64. The molecule has 1 saturated carbocycles. The minimum atomic E-state index is -3.66. The topological polar surface area (TPSA) is 109 Å². The number of nitrogens with zero attached hydrogens (tertiary/aromatic N) is 2. The van der Waals surface area contributed by atoms with Gasteiger partial charge >= 0.3 is 0 Å². The molecule has 0 unspecified atom stereocenters. The summed E-state index contributed by atoms with van der Waals surface area (Å²) in [5.41, 5.74) is 1.40. The van der Waals surface area contributed by atoms with Crippen molar-refractivity contribution >= 4 is 15.8 Å². The summed E-state index contributed by atoms with van der Waals surface area (Å²) in [6.07, 6.45) is 4.51.